The van der Waals surface area contributed by atoms with Crippen molar-refractivity contribution in [3.63, 3.8) is 0 Å². The molecule has 5 rings (SSSR count). The van der Waals surface area contributed by atoms with Gasteiger partial charge in [0.05, 0.1) is 35.2 Å². The molecule has 2 aliphatic heterocycles. The first-order valence-corrected chi connectivity index (χ1v) is 21.7. The van der Waals surface area contributed by atoms with E-state index in [1.807, 2.05) is 0 Å². The number of carbonyl (C=O) groups excluding carboxylic acids is 3. The molecule has 18 heteroatoms. The Morgan fingerprint density at radius 1 is 1.00 bits per heavy atom. The highest BCUT2D eigenvalue weighted by Gasteiger charge is 2.50. The van der Waals surface area contributed by atoms with Crippen LogP contribution in [0.5, 0.6) is 5.75 Å². The Bertz CT molecular complexity index is 2190. The van der Waals surface area contributed by atoms with Crippen molar-refractivity contribution in [2.24, 2.45) is 5.41 Å². The Morgan fingerprint density at radius 2 is 1.61 bits per heavy atom. The number of ether oxygens (including phenoxy) is 2. The second-order valence-corrected chi connectivity index (χ2v) is 18.5. The van der Waals surface area contributed by atoms with Crippen LogP contribution in [-0.2, 0) is 43.2 Å². The zero-order valence-corrected chi connectivity index (χ0v) is 36.1. The second kappa shape index (κ2) is 18.3. The summed E-state index contributed by atoms with van der Waals surface area (Å²) >= 11 is 0. The summed E-state index contributed by atoms with van der Waals surface area (Å²) in [5, 5.41) is 10.2. The summed E-state index contributed by atoms with van der Waals surface area (Å²) in [5.41, 5.74) is -3.97. The number of likely N-dealkylation sites (tertiary alicyclic amines) is 1. The summed E-state index contributed by atoms with van der Waals surface area (Å²) in [6.07, 6.45) is -5.71. The molecule has 0 radical (unpaired) electrons. The number of nitrogens with zero attached hydrogens (tertiary/aromatic N) is 4. The Kier molecular flexibility index (Phi) is 14.0. The van der Waals surface area contributed by atoms with E-state index in [2.05, 4.69) is 0 Å². The van der Waals surface area contributed by atoms with Gasteiger partial charge in [-0.05, 0) is 62.3 Å². The van der Waals surface area contributed by atoms with Crippen molar-refractivity contribution in [3.05, 3.63) is 95.1 Å². The lowest BCUT2D eigenvalue weighted by Gasteiger charge is -2.51. The van der Waals surface area contributed by atoms with E-state index in [0.717, 1.165) is 17.2 Å². The molecule has 3 atom stereocenters. The first-order chi connectivity index (χ1) is 28.4. The maximum Gasteiger partial charge on any atom is 0.417 e. The van der Waals surface area contributed by atoms with Crippen molar-refractivity contribution in [1.29, 1.82) is 0 Å². The van der Waals surface area contributed by atoms with Crippen LogP contribution < -0.4 is 9.64 Å². The predicted octanol–water partition coefficient (Wildman–Crippen LogP) is 7.41. The van der Waals surface area contributed by atoms with Crippen LogP contribution in [0.25, 0.3) is 0 Å². The lowest BCUT2D eigenvalue weighted by Crippen LogP contribution is -2.63. The molecule has 0 aliphatic carbocycles. The fourth-order valence-corrected chi connectivity index (χ4v) is 8.43. The molecule has 0 spiro atoms. The molecule has 2 heterocycles. The monoisotopic (exact) mass is 874 g/mol. The van der Waals surface area contributed by atoms with E-state index < -0.39 is 92.9 Å². The van der Waals surface area contributed by atoms with Gasteiger partial charge in [-0.1, -0.05) is 81.4 Å². The zero-order chi connectivity index (χ0) is 45.1. The van der Waals surface area contributed by atoms with Gasteiger partial charge in [0.25, 0.3) is 21.9 Å². The van der Waals surface area contributed by atoms with Crippen molar-refractivity contribution >= 4 is 39.8 Å². The maximum atomic E-state index is 15.2. The van der Waals surface area contributed by atoms with Gasteiger partial charge in [-0.3, -0.25) is 13.8 Å². The van der Waals surface area contributed by atoms with Crippen molar-refractivity contribution in [2.75, 3.05) is 37.4 Å². The van der Waals surface area contributed by atoms with Gasteiger partial charge in [0.1, 0.15) is 19.0 Å². The van der Waals surface area contributed by atoms with Crippen molar-refractivity contribution < 1.29 is 59.5 Å². The number of anilines is 1. The van der Waals surface area contributed by atoms with Crippen LogP contribution in [-0.4, -0.2) is 108 Å². The van der Waals surface area contributed by atoms with Crippen LogP contribution >= 0.6 is 0 Å². The molecule has 332 valence electrons. The molecule has 61 heavy (non-hydrogen) atoms. The number of carboxylic acid groups (broad SMARTS) is 1. The molecule has 0 bridgehead atoms. The van der Waals surface area contributed by atoms with Crippen LogP contribution in [0.3, 0.4) is 0 Å². The fourth-order valence-electron chi connectivity index (χ4n) is 7.99. The molecule has 3 aromatic rings. The molecule has 3 aromatic carbocycles. The van der Waals surface area contributed by atoms with Gasteiger partial charge in [0.15, 0.2) is 0 Å². The van der Waals surface area contributed by atoms with Gasteiger partial charge in [0.2, 0.25) is 5.60 Å². The number of amides is 4. The summed E-state index contributed by atoms with van der Waals surface area (Å²) in [4.78, 5) is 60.3. The average Bonchev–Trinajstić information content (AvgIpc) is 3.18. The molecule has 1 saturated heterocycles. The van der Waals surface area contributed by atoms with E-state index >= 15 is 13.2 Å². The molecule has 0 aromatic heterocycles. The first kappa shape index (κ1) is 46.7. The van der Waals surface area contributed by atoms with Gasteiger partial charge in [-0.2, -0.15) is 21.6 Å². The molecule has 0 saturated carbocycles. The Morgan fingerprint density at radius 3 is 2.15 bits per heavy atom. The summed E-state index contributed by atoms with van der Waals surface area (Å²) in [5.74, 6) is -2.47. The topological polar surface area (TPSA) is 163 Å². The Hall–Kier alpha value is -5.36. The number of piperidine rings is 1. The van der Waals surface area contributed by atoms with Crippen LogP contribution in [0.2, 0.25) is 0 Å². The molecule has 14 nitrogen and oxygen atoms in total. The Labute approximate surface area is 354 Å². The van der Waals surface area contributed by atoms with Crippen LogP contribution in [0.15, 0.2) is 72.8 Å². The summed E-state index contributed by atoms with van der Waals surface area (Å²) in [7, 11) is -4.17. The van der Waals surface area contributed by atoms with Gasteiger partial charge >= 0.3 is 18.4 Å². The molecule has 4 amide bonds. The van der Waals surface area contributed by atoms with Gasteiger partial charge in [-0.25, -0.2) is 9.59 Å². The lowest BCUT2D eigenvalue weighted by atomic mass is 9.76. The fraction of sp³-hybridized carbons (Fsp3) is 0.488. The SMILES string of the molecule is CC(C)N(C(=O)c1cc2c(cc1C(F)(F)F)OC(C)(COS(C)(=O)=O)C(=O)N2CCN(Cc1ccccc1)C(=O)OCc1ccccc1)[C@@H]1CCCN(C(=O)O)C1C(C)(C)C. The molecule has 1 N–H and O–H groups in total. The largest absolute Gasteiger partial charge is 0.473 e. The van der Waals surface area contributed by atoms with E-state index in [1.165, 1.54) is 21.6 Å². The summed E-state index contributed by atoms with van der Waals surface area (Å²) < 4.78 is 86.2. The minimum absolute atomic E-state index is 0.0120. The summed E-state index contributed by atoms with van der Waals surface area (Å²) in [6.45, 7) is 8.44. The highest BCUT2D eigenvalue weighted by molar-refractivity contribution is 7.86. The minimum Gasteiger partial charge on any atom is -0.473 e. The van der Waals surface area contributed by atoms with Crippen LogP contribution in [0.1, 0.15) is 81.4 Å². The molecule has 2 aliphatic rings. The van der Waals surface area contributed by atoms with Crippen molar-refractivity contribution in [1.82, 2.24) is 14.7 Å². The van der Waals surface area contributed by atoms with Crippen LogP contribution in [0, 0.1) is 5.41 Å². The highest BCUT2D eigenvalue weighted by Crippen LogP contribution is 2.45. The standard InChI is InChI=1S/C43H53F3N4O10S/c1-28(2)50(33-19-14-20-49(39(53)54)36(33)41(3,4)5)37(51)31-23-34-35(24-32(31)43(44,45)46)60-42(6,27-59-61(7,56)57)38(52)48(34)22-21-47(25-29-15-10-8-11-16-29)40(55)58-26-30-17-12-9-13-18-30/h8-13,15-18,23-24,28,33,36H,14,19-22,25-27H2,1-7H3,(H,53,54)/t33-,36?,42?/m1/s1. The lowest BCUT2D eigenvalue weighted by molar-refractivity contribution is -0.139. The number of carbonyl (C=O) groups is 4. The molecule has 2 unspecified atom stereocenters. The van der Waals surface area contributed by atoms with E-state index in [0.29, 0.717) is 30.0 Å². The molecule has 1 fully saturated rings. The second-order valence-electron chi connectivity index (χ2n) is 16.9. The summed E-state index contributed by atoms with van der Waals surface area (Å²) in [6, 6.07) is 17.0. The molecular formula is C43H53F3N4O10S. The maximum absolute atomic E-state index is 15.2. The highest BCUT2D eigenvalue weighted by atomic mass is 32.2. The van der Waals surface area contributed by atoms with E-state index in [4.69, 9.17) is 13.7 Å². The number of halogens is 3. The van der Waals surface area contributed by atoms with Gasteiger partial charge < -0.3 is 34.2 Å². The van der Waals surface area contributed by atoms with Crippen LogP contribution in [0.4, 0.5) is 28.4 Å². The third-order valence-corrected chi connectivity index (χ3v) is 11.2. The van der Waals surface area contributed by atoms with E-state index in [9.17, 15) is 32.7 Å². The first-order valence-electron chi connectivity index (χ1n) is 19.8. The van der Waals surface area contributed by atoms with E-state index in [-0.39, 0.29) is 38.5 Å². The normalized spacial score (nSPS) is 19.6. The Balaban J connectivity index is 1.61. The quantitative estimate of drug-likeness (QED) is 0.171. The number of alkyl halides is 3. The van der Waals surface area contributed by atoms with Crippen molar-refractivity contribution in [2.45, 2.75) is 97.4 Å². The third-order valence-electron chi connectivity index (χ3n) is 10.7. The molecular weight excluding hydrogens is 822 g/mol. The number of fused-ring (bicyclic) bond motifs is 1. The number of benzene rings is 3. The van der Waals surface area contributed by atoms with Crippen molar-refractivity contribution in [3.8, 4) is 5.75 Å². The number of hydrogen-bond donors (Lipinski definition) is 1. The van der Waals surface area contributed by atoms with Gasteiger partial charge in [-0.15, -0.1) is 0 Å². The smallest absolute Gasteiger partial charge is 0.417 e. The van der Waals surface area contributed by atoms with E-state index in [1.54, 1.807) is 95.3 Å². The minimum atomic E-state index is -5.14. The predicted molar refractivity (Wildman–Crippen MR) is 219 cm³/mol. The average molecular weight is 875 g/mol. The zero-order valence-electron chi connectivity index (χ0n) is 35.3. The third kappa shape index (κ3) is 11.1. The number of rotatable bonds is 13. The van der Waals surface area contributed by atoms with Gasteiger partial charge in [0, 0.05) is 32.2 Å². The number of hydrogen-bond acceptors (Lipinski definition) is 9.